The van der Waals surface area contributed by atoms with E-state index < -0.39 is 29.5 Å². The predicted molar refractivity (Wildman–Crippen MR) is 147 cm³/mol. The molecule has 0 aliphatic carbocycles. The van der Waals surface area contributed by atoms with E-state index in [2.05, 4.69) is 15.6 Å². The Labute approximate surface area is 234 Å². The fraction of sp³-hybridized carbons (Fsp3) is 0.500. The number of rotatable bonds is 14. The van der Waals surface area contributed by atoms with Gasteiger partial charge in [0.25, 0.3) is 0 Å². The second-order valence-corrected chi connectivity index (χ2v) is 10.7. The van der Waals surface area contributed by atoms with Crippen LogP contribution in [0.1, 0.15) is 31.5 Å². The van der Waals surface area contributed by atoms with Crippen molar-refractivity contribution in [3.63, 3.8) is 0 Å². The third-order valence-electron chi connectivity index (χ3n) is 7.35. The fourth-order valence-electron chi connectivity index (χ4n) is 4.75. The van der Waals surface area contributed by atoms with Crippen molar-refractivity contribution in [3.8, 4) is 0 Å². The Morgan fingerprint density at radius 3 is 2.35 bits per heavy atom. The van der Waals surface area contributed by atoms with E-state index in [0.717, 1.165) is 5.56 Å². The lowest BCUT2D eigenvalue weighted by atomic mass is 9.91. The summed E-state index contributed by atoms with van der Waals surface area (Å²) in [7, 11) is 0. The zero-order valence-electron chi connectivity index (χ0n) is 23.1. The highest BCUT2D eigenvalue weighted by Gasteiger charge is 2.50. The van der Waals surface area contributed by atoms with E-state index in [9.17, 15) is 19.2 Å². The highest BCUT2D eigenvalue weighted by Crippen LogP contribution is 2.29. The largest absolute Gasteiger partial charge is 0.379 e. The van der Waals surface area contributed by atoms with Gasteiger partial charge in [0, 0.05) is 37.8 Å². The standard InChI is InChI=1S/C30H38N4O6/c1-21(32-27(36)19-34-12-14-39-15-13-34)26(35)18-23(17-24-10-6-7-11-31-24)29(38)33-25(28(37)30(2)20-40-30)16-22-8-4-3-5-9-22/h3-11,21,23,25H,12-20H2,1-2H3,(H,32,36)(H,33,38). The maximum Gasteiger partial charge on any atom is 0.234 e. The smallest absolute Gasteiger partial charge is 0.234 e. The molecule has 40 heavy (non-hydrogen) atoms. The number of aromatic nitrogens is 1. The number of hydrogen-bond donors (Lipinski definition) is 2. The molecular formula is C30H38N4O6. The number of morpholine rings is 1. The third-order valence-corrected chi connectivity index (χ3v) is 7.35. The first kappa shape index (κ1) is 29.5. The van der Waals surface area contributed by atoms with Crippen LogP contribution in [0.4, 0.5) is 0 Å². The molecule has 4 atom stereocenters. The summed E-state index contributed by atoms with van der Waals surface area (Å²) < 4.78 is 10.7. The lowest BCUT2D eigenvalue weighted by molar-refractivity contribution is -0.134. The molecule has 10 heteroatoms. The molecule has 2 aliphatic rings. The maximum absolute atomic E-state index is 13.7. The van der Waals surface area contributed by atoms with Gasteiger partial charge in [-0.15, -0.1) is 0 Å². The van der Waals surface area contributed by atoms with Crippen LogP contribution in [-0.2, 0) is 41.5 Å². The van der Waals surface area contributed by atoms with Gasteiger partial charge in [0.2, 0.25) is 11.8 Å². The van der Waals surface area contributed by atoms with Crippen molar-refractivity contribution in [3.05, 3.63) is 66.0 Å². The summed E-state index contributed by atoms with van der Waals surface area (Å²) in [6.45, 7) is 6.31. The average molecular weight is 551 g/mol. The number of amides is 2. The molecule has 2 saturated heterocycles. The molecule has 1 aromatic heterocycles. The molecule has 0 radical (unpaired) electrons. The number of carbonyl (C=O) groups excluding carboxylic acids is 4. The summed E-state index contributed by atoms with van der Waals surface area (Å²) >= 11 is 0. The van der Waals surface area contributed by atoms with Crippen molar-refractivity contribution in [1.82, 2.24) is 20.5 Å². The van der Waals surface area contributed by atoms with E-state index in [0.29, 0.717) is 45.0 Å². The Morgan fingerprint density at radius 1 is 1.00 bits per heavy atom. The van der Waals surface area contributed by atoms with E-state index in [4.69, 9.17) is 9.47 Å². The lowest BCUT2D eigenvalue weighted by Crippen LogP contribution is -2.50. The van der Waals surface area contributed by atoms with Gasteiger partial charge in [-0.05, 0) is 38.0 Å². The number of ketones is 2. The highest BCUT2D eigenvalue weighted by atomic mass is 16.6. The zero-order valence-corrected chi connectivity index (χ0v) is 23.1. The second kappa shape index (κ2) is 13.7. The third kappa shape index (κ3) is 8.51. The minimum absolute atomic E-state index is 0.110. The summed E-state index contributed by atoms with van der Waals surface area (Å²) in [5, 5.41) is 5.68. The number of epoxide rings is 1. The molecule has 2 fully saturated rings. The molecule has 0 bridgehead atoms. The SMILES string of the molecule is CC(NC(=O)CN1CCOCC1)C(=O)CC(Cc1ccccn1)C(=O)NC(Cc1ccccc1)C(=O)C1(C)CO1. The van der Waals surface area contributed by atoms with Crippen LogP contribution in [0.3, 0.4) is 0 Å². The van der Waals surface area contributed by atoms with E-state index in [1.165, 1.54) is 0 Å². The molecule has 4 rings (SSSR count). The summed E-state index contributed by atoms with van der Waals surface area (Å²) in [5.74, 6) is -1.91. The maximum atomic E-state index is 13.7. The first-order valence-electron chi connectivity index (χ1n) is 13.8. The number of nitrogens with zero attached hydrogens (tertiary/aromatic N) is 2. The Hall–Kier alpha value is -3.47. The quantitative estimate of drug-likeness (QED) is 0.335. The number of Topliss-reactive ketones (excluding diaryl/α,β-unsaturated/α-hetero) is 2. The molecule has 2 amide bonds. The van der Waals surface area contributed by atoms with Crippen LogP contribution >= 0.6 is 0 Å². The van der Waals surface area contributed by atoms with Gasteiger partial charge >= 0.3 is 0 Å². The lowest BCUT2D eigenvalue weighted by Gasteiger charge is -2.26. The summed E-state index contributed by atoms with van der Waals surface area (Å²) in [5.41, 5.74) is 0.639. The van der Waals surface area contributed by atoms with Gasteiger partial charge in [-0.25, -0.2) is 0 Å². The molecule has 3 heterocycles. The molecular weight excluding hydrogens is 512 g/mol. The molecule has 10 nitrogen and oxygen atoms in total. The fourth-order valence-corrected chi connectivity index (χ4v) is 4.75. The highest BCUT2D eigenvalue weighted by molar-refractivity contribution is 5.98. The summed E-state index contributed by atoms with van der Waals surface area (Å²) in [6, 6.07) is 13.3. The monoisotopic (exact) mass is 550 g/mol. The minimum atomic E-state index is -0.918. The summed E-state index contributed by atoms with van der Waals surface area (Å²) in [4.78, 5) is 59.0. The number of ether oxygens (including phenoxy) is 2. The van der Waals surface area contributed by atoms with Gasteiger partial charge in [0.15, 0.2) is 11.6 Å². The predicted octanol–water partition coefficient (Wildman–Crippen LogP) is 1.12. The van der Waals surface area contributed by atoms with Crippen LogP contribution in [0.2, 0.25) is 0 Å². The van der Waals surface area contributed by atoms with Gasteiger partial charge in [-0.1, -0.05) is 36.4 Å². The normalized spacial score (nSPS) is 21.1. The number of benzene rings is 1. The van der Waals surface area contributed by atoms with E-state index >= 15 is 0 Å². The number of nitrogens with one attached hydrogen (secondary N) is 2. The van der Waals surface area contributed by atoms with Crippen molar-refractivity contribution in [2.75, 3.05) is 39.5 Å². The van der Waals surface area contributed by atoms with Crippen molar-refractivity contribution >= 4 is 23.4 Å². The minimum Gasteiger partial charge on any atom is -0.379 e. The number of hydrogen-bond acceptors (Lipinski definition) is 8. The van der Waals surface area contributed by atoms with Crippen molar-refractivity contribution in [1.29, 1.82) is 0 Å². The first-order valence-corrected chi connectivity index (χ1v) is 13.8. The Balaban J connectivity index is 1.44. The Kier molecular flexibility index (Phi) is 10.1. The molecule has 0 saturated carbocycles. The molecule has 0 spiro atoms. The van der Waals surface area contributed by atoms with Crippen LogP contribution in [0.15, 0.2) is 54.7 Å². The van der Waals surface area contributed by atoms with Crippen molar-refractivity contribution in [2.45, 2.75) is 50.8 Å². The molecule has 1 aromatic carbocycles. The topological polar surface area (TPSA) is 130 Å². The molecule has 2 aromatic rings. The van der Waals surface area contributed by atoms with Gasteiger partial charge in [0.05, 0.1) is 44.4 Å². The Bertz CT molecular complexity index is 1170. The van der Waals surface area contributed by atoms with Gasteiger partial charge in [-0.2, -0.15) is 0 Å². The average Bonchev–Trinajstić information content (AvgIpc) is 3.71. The molecule has 214 valence electrons. The molecule has 2 aliphatic heterocycles. The number of pyridine rings is 1. The van der Waals surface area contributed by atoms with E-state index in [-0.39, 0.29) is 36.9 Å². The van der Waals surface area contributed by atoms with Crippen molar-refractivity contribution in [2.24, 2.45) is 5.92 Å². The van der Waals surface area contributed by atoms with Crippen molar-refractivity contribution < 1.29 is 28.7 Å². The first-order chi connectivity index (χ1) is 19.2. The van der Waals surface area contributed by atoms with Crippen LogP contribution in [0.25, 0.3) is 0 Å². The Morgan fingerprint density at radius 2 is 1.70 bits per heavy atom. The zero-order chi connectivity index (χ0) is 28.5. The van der Waals surface area contributed by atoms with Crippen LogP contribution < -0.4 is 10.6 Å². The molecule has 4 unspecified atom stereocenters. The van der Waals surface area contributed by atoms with Gasteiger partial charge in [0.1, 0.15) is 5.60 Å². The van der Waals surface area contributed by atoms with E-state index in [1.54, 1.807) is 32.2 Å². The van der Waals surface area contributed by atoms with Gasteiger partial charge in [-0.3, -0.25) is 29.1 Å². The number of carbonyl (C=O) groups is 4. The second-order valence-electron chi connectivity index (χ2n) is 10.7. The van der Waals surface area contributed by atoms with E-state index in [1.807, 2.05) is 41.3 Å². The molecule has 2 N–H and O–H groups in total. The van der Waals surface area contributed by atoms with Crippen LogP contribution in [0, 0.1) is 5.92 Å². The van der Waals surface area contributed by atoms with Crippen LogP contribution in [-0.4, -0.2) is 90.4 Å². The van der Waals surface area contributed by atoms with Gasteiger partial charge < -0.3 is 20.1 Å². The van der Waals surface area contributed by atoms with Crippen LogP contribution in [0.5, 0.6) is 0 Å². The summed E-state index contributed by atoms with van der Waals surface area (Å²) in [6.07, 6.45) is 2.05.